The van der Waals surface area contributed by atoms with Gasteiger partial charge in [0.25, 0.3) is 0 Å². The standard InChI is InChI=1S/C21H35N5O3Si/c1-15(29-30(5,6)20(2,3)4)17(18-22-10-8-11-23-18)25-16(27)13-26-14-21(19(26)28)9-7-12-24-21/h8,10-11,15,17,24H,7,9,12-14H2,1-6H3,(H,25,27). The SMILES string of the molecule is CC(O[Si](C)(C)C(C)(C)C)C(NC(=O)CN1CC2(CCCN2)C1=O)c1ncccn1. The van der Waals surface area contributed by atoms with Gasteiger partial charge >= 0.3 is 0 Å². The zero-order valence-electron chi connectivity index (χ0n) is 19.0. The summed E-state index contributed by atoms with van der Waals surface area (Å²) in [6, 6.07) is 1.26. The van der Waals surface area contributed by atoms with E-state index in [0.29, 0.717) is 12.4 Å². The predicted octanol–water partition coefficient (Wildman–Crippen LogP) is 2.01. The molecule has 1 aromatic heterocycles. The third-order valence-corrected chi connectivity index (χ3v) is 11.2. The van der Waals surface area contributed by atoms with Crippen molar-refractivity contribution in [1.29, 1.82) is 0 Å². The molecule has 3 heterocycles. The number of carbonyl (C=O) groups is 2. The van der Waals surface area contributed by atoms with Crippen molar-refractivity contribution in [2.24, 2.45) is 0 Å². The average molecular weight is 434 g/mol. The largest absolute Gasteiger partial charge is 0.412 e. The zero-order valence-corrected chi connectivity index (χ0v) is 20.0. The van der Waals surface area contributed by atoms with E-state index >= 15 is 0 Å². The fraction of sp³-hybridized carbons (Fsp3) is 0.714. The molecule has 9 heteroatoms. The lowest BCUT2D eigenvalue weighted by Gasteiger charge is -2.46. The molecule has 1 spiro atoms. The van der Waals surface area contributed by atoms with Gasteiger partial charge in [-0.25, -0.2) is 9.97 Å². The summed E-state index contributed by atoms with van der Waals surface area (Å²) in [6.45, 7) is 14.3. The first-order valence-corrected chi connectivity index (χ1v) is 13.6. The Morgan fingerprint density at radius 2 is 2.03 bits per heavy atom. The number of hydrogen-bond donors (Lipinski definition) is 2. The predicted molar refractivity (Wildman–Crippen MR) is 117 cm³/mol. The van der Waals surface area contributed by atoms with Crippen LogP contribution in [0.2, 0.25) is 18.1 Å². The highest BCUT2D eigenvalue weighted by atomic mass is 28.4. The maximum Gasteiger partial charge on any atom is 0.245 e. The van der Waals surface area contributed by atoms with E-state index in [-0.39, 0.29) is 29.5 Å². The lowest BCUT2D eigenvalue weighted by molar-refractivity contribution is -0.154. The molecule has 0 aliphatic carbocycles. The van der Waals surface area contributed by atoms with Gasteiger partial charge in [-0.3, -0.25) is 9.59 Å². The van der Waals surface area contributed by atoms with Crippen LogP contribution in [-0.4, -0.2) is 66.3 Å². The molecular formula is C21H35N5O3Si. The van der Waals surface area contributed by atoms with Crippen LogP contribution in [0.25, 0.3) is 0 Å². The van der Waals surface area contributed by atoms with Crippen molar-refractivity contribution < 1.29 is 14.0 Å². The van der Waals surface area contributed by atoms with Gasteiger partial charge in [0, 0.05) is 18.9 Å². The molecule has 166 valence electrons. The van der Waals surface area contributed by atoms with E-state index in [1.807, 2.05) is 6.92 Å². The van der Waals surface area contributed by atoms with E-state index in [1.165, 1.54) is 0 Å². The second-order valence-corrected chi connectivity index (χ2v) is 14.8. The van der Waals surface area contributed by atoms with Gasteiger partial charge in [0.05, 0.1) is 12.6 Å². The smallest absolute Gasteiger partial charge is 0.245 e. The van der Waals surface area contributed by atoms with Crippen LogP contribution in [0.3, 0.4) is 0 Å². The summed E-state index contributed by atoms with van der Waals surface area (Å²) in [5, 5.41) is 6.36. The highest BCUT2D eigenvalue weighted by molar-refractivity contribution is 6.74. The van der Waals surface area contributed by atoms with Crippen molar-refractivity contribution in [2.75, 3.05) is 19.6 Å². The van der Waals surface area contributed by atoms with Crippen molar-refractivity contribution in [1.82, 2.24) is 25.5 Å². The Morgan fingerprint density at radius 3 is 2.57 bits per heavy atom. The molecule has 0 saturated carbocycles. The average Bonchev–Trinajstić information content (AvgIpc) is 3.16. The monoisotopic (exact) mass is 433 g/mol. The van der Waals surface area contributed by atoms with Gasteiger partial charge in [-0.05, 0) is 50.5 Å². The number of nitrogens with zero attached hydrogens (tertiary/aromatic N) is 3. The molecule has 8 nitrogen and oxygen atoms in total. The van der Waals surface area contributed by atoms with Crippen molar-refractivity contribution in [2.45, 2.75) is 76.4 Å². The molecule has 2 fully saturated rings. The Hall–Kier alpha value is -1.84. The normalized spacial score (nSPS) is 23.9. The molecular weight excluding hydrogens is 398 g/mol. The lowest BCUT2D eigenvalue weighted by atomic mass is 9.87. The Labute approximate surface area is 180 Å². The minimum atomic E-state index is -2.06. The minimum absolute atomic E-state index is 0.0215. The molecule has 3 unspecified atom stereocenters. The van der Waals surface area contributed by atoms with E-state index in [2.05, 4.69) is 54.5 Å². The summed E-state index contributed by atoms with van der Waals surface area (Å²) in [4.78, 5) is 35.7. The number of amides is 2. The van der Waals surface area contributed by atoms with Gasteiger partial charge in [-0.1, -0.05) is 20.8 Å². The summed E-state index contributed by atoms with van der Waals surface area (Å²) in [7, 11) is -2.06. The number of β-lactam (4-membered cyclic amide) rings is 1. The number of carbonyl (C=O) groups excluding carboxylic acids is 2. The summed E-state index contributed by atoms with van der Waals surface area (Å²) in [6.07, 6.45) is 4.88. The number of aromatic nitrogens is 2. The fourth-order valence-corrected chi connectivity index (χ4v) is 5.31. The van der Waals surface area contributed by atoms with Crippen LogP contribution in [0.5, 0.6) is 0 Å². The Morgan fingerprint density at radius 1 is 1.37 bits per heavy atom. The molecule has 2 saturated heterocycles. The van der Waals surface area contributed by atoms with Crippen LogP contribution in [0, 0.1) is 0 Å². The molecule has 0 aromatic carbocycles. The van der Waals surface area contributed by atoms with E-state index in [4.69, 9.17) is 4.43 Å². The molecule has 0 bridgehead atoms. The highest BCUT2D eigenvalue weighted by Crippen LogP contribution is 2.38. The number of hydrogen-bond acceptors (Lipinski definition) is 6. The summed E-state index contributed by atoms with van der Waals surface area (Å²) < 4.78 is 6.52. The quantitative estimate of drug-likeness (QED) is 0.504. The third-order valence-electron chi connectivity index (χ3n) is 6.67. The minimum Gasteiger partial charge on any atom is -0.412 e. The van der Waals surface area contributed by atoms with Crippen LogP contribution < -0.4 is 10.6 Å². The maximum absolute atomic E-state index is 12.8. The topological polar surface area (TPSA) is 96.5 Å². The van der Waals surface area contributed by atoms with Crippen LogP contribution in [-0.2, 0) is 14.0 Å². The second kappa shape index (κ2) is 8.36. The van der Waals surface area contributed by atoms with Crippen molar-refractivity contribution in [3.63, 3.8) is 0 Å². The van der Waals surface area contributed by atoms with Crippen molar-refractivity contribution in [3.8, 4) is 0 Å². The first-order valence-electron chi connectivity index (χ1n) is 10.7. The second-order valence-electron chi connectivity index (χ2n) is 10.0. The van der Waals surface area contributed by atoms with Gasteiger partial charge < -0.3 is 20.0 Å². The number of rotatable bonds is 7. The Kier molecular flexibility index (Phi) is 6.36. The summed E-state index contributed by atoms with van der Waals surface area (Å²) >= 11 is 0. The van der Waals surface area contributed by atoms with E-state index in [0.717, 1.165) is 19.4 Å². The third kappa shape index (κ3) is 4.57. The highest BCUT2D eigenvalue weighted by Gasteiger charge is 2.53. The Balaban J connectivity index is 1.67. The van der Waals surface area contributed by atoms with Crippen LogP contribution in [0.4, 0.5) is 0 Å². The first-order chi connectivity index (χ1) is 14.0. The molecule has 2 N–H and O–H groups in total. The van der Waals surface area contributed by atoms with E-state index in [9.17, 15) is 9.59 Å². The molecule has 30 heavy (non-hydrogen) atoms. The molecule has 2 amide bonds. The molecule has 2 aliphatic heterocycles. The number of likely N-dealkylation sites (tertiary alicyclic amines) is 1. The van der Waals surface area contributed by atoms with Gasteiger partial charge in [0.15, 0.2) is 14.1 Å². The van der Waals surface area contributed by atoms with E-state index in [1.54, 1.807) is 23.4 Å². The van der Waals surface area contributed by atoms with Crippen molar-refractivity contribution in [3.05, 3.63) is 24.3 Å². The molecule has 1 aromatic rings. The van der Waals surface area contributed by atoms with Crippen LogP contribution >= 0.6 is 0 Å². The van der Waals surface area contributed by atoms with Crippen LogP contribution in [0.15, 0.2) is 18.5 Å². The Bertz CT molecular complexity index is 775. The molecule has 3 atom stereocenters. The number of nitrogens with one attached hydrogen (secondary N) is 2. The van der Waals surface area contributed by atoms with Gasteiger partial charge in [0.2, 0.25) is 11.8 Å². The van der Waals surface area contributed by atoms with Gasteiger partial charge in [-0.15, -0.1) is 0 Å². The van der Waals surface area contributed by atoms with Crippen LogP contribution in [0.1, 0.15) is 52.4 Å². The maximum atomic E-state index is 12.8. The fourth-order valence-electron chi connectivity index (χ4n) is 3.89. The molecule has 2 aliphatic rings. The van der Waals surface area contributed by atoms with Crippen molar-refractivity contribution >= 4 is 20.1 Å². The van der Waals surface area contributed by atoms with Gasteiger partial charge in [-0.2, -0.15) is 0 Å². The first kappa shape index (κ1) is 22.8. The molecule has 0 radical (unpaired) electrons. The van der Waals surface area contributed by atoms with E-state index < -0.39 is 19.9 Å². The zero-order chi connectivity index (χ0) is 22.2. The summed E-state index contributed by atoms with van der Waals surface area (Å²) in [5.41, 5.74) is -0.430. The van der Waals surface area contributed by atoms with Gasteiger partial charge in [0.1, 0.15) is 11.6 Å². The molecule has 3 rings (SSSR count). The summed E-state index contributed by atoms with van der Waals surface area (Å²) in [5.74, 6) is 0.313. The lowest BCUT2D eigenvalue weighted by Crippen LogP contribution is -2.72.